The zero-order valence-corrected chi connectivity index (χ0v) is 9.07. The number of nitrogens with zero attached hydrogens (tertiary/aromatic N) is 2. The molecule has 2 heterocycles. The summed E-state index contributed by atoms with van der Waals surface area (Å²) in [5.41, 5.74) is 2.30. The van der Waals surface area contributed by atoms with Crippen LogP contribution in [-0.4, -0.2) is 27.4 Å². The number of aromatic nitrogens is 2. The van der Waals surface area contributed by atoms with E-state index in [9.17, 15) is 4.79 Å². The molecule has 2 aliphatic rings. The molecule has 0 radical (unpaired) electrons. The van der Waals surface area contributed by atoms with Crippen LogP contribution in [0.3, 0.4) is 0 Å². The van der Waals surface area contributed by atoms with Crippen molar-refractivity contribution in [3.8, 4) is 0 Å². The Morgan fingerprint density at radius 2 is 2.31 bits per heavy atom. The van der Waals surface area contributed by atoms with E-state index in [2.05, 4.69) is 10.4 Å². The fraction of sp³-hybridized carbons (Fsp3) is 0.636. The van der Waals surface area contributed by atoms with E-state index >= 15 is 0 Å². The van der Waals surface area contributed by atoms with Crippen LogP contribution < -0.4 is 5.32 Å². The first-order chi connectivity index (χ1) is 7.77. The van der Waals surface area contributed by atoms with Gasteiger partial charge in [0.1, 0.15) is 0 Å². The van der Waals surface area contributed by atoms with Gasteiger partial charge in [-0.3, -0.25) is 4.68 Å². The topological polar surface area (TPSA) is 67.1 Å². The molecule has 5 heteroatoms. The van der Waals surface area contributed by atoms with Crippen molar-refractivity contribution in [2.75, 3.05) is 6.54 Å². The quantitative estimate of drug-likeness (QED) is 0.780. The third kappa shape index (κ3) is 1.35. The van der Waals surface area contributed by atoms with E-state index < -0.39 is 5.97 Å². The standard InChI is InChI=1S/C11H15N3O2/c15-11(16)10-8-4-5-12-6-9(8)14(13-10)7-2-1-3-7/h7,12H,1-6H2,(H,15,16). The molecular weight excluding hydrogens is 206 g/mol. The highest BCUT2D eigenvalue weighted by Crippen LogP contribution is 2.34. The molecule has 0 atom stereocenters. The Kier molecular flexibility index (Phi) is 2.21. The average Bonchev–Trinajstić information content (AvgIpc) is 2.56. The lowest BCUT2D eigenvalue weighted by Crippen LogP contribution is -2.28. The zero-order chi connectivity index (χ0) is 11.1. The van der Waals surface area contributed by atoms with Gasteiger partial charge < -0.3 is 10.4 Å². The molecule has 0 bridgehead atoms. The van der Waals surface area contributed by atoms with Gasteiger partial charge in [-0.1, -0.05) is 0 Å². The van der Waals surface area contributed by atoms with Crippen LogP contribution in [0.1, 0.15) is 47.1 Å². The maximum absolute atomic E-state index is 11.1. The molecule has 3 rings (SSSR count). The predicted molar refractivity (Wildman–Crippen MR) is 57.5 cm³/mol. The van der Waals surface area contributed by atoms with Gasteiger partial charge in [0.15, 0.2) is 5.69 Å². The van der Waals surface area contributed by atoms with Gasteiger partial charge >= 0.3 is 5.97 Å². The summed E-state index contributed by atoms with van der Waals surface area (Å²) in [6.45, 7) is 1.61. The van der Waals surface area contributed by atoms with Crippen molar-refractivity contribution in [1.29, 1.82) is 0 Å². The lowest BCUT2D eigenvalue weighted by Gasteiger charge is -2.28. The van der Waals surface area contributed by atoms with Crippen LogP contribution in [-0.2, 0) is 13.0 Å². The summed E-state index contributed by atoms with van der Waals surface area (Å²) >= 11 is 0. The predicted octanol–water partition coefficient (Wildman–Crippen LogP) is 0.952. The van der Waals surface area contributed by atoms with Gasteiger partial charge in [-0.05, 0) is 32.2 Å². The molecule has 0 spiro atoms. The molecule has 1 saturated carbocycles. The number of carboxylic acid groups (broad SMARTS) is 1. The molecule has 16 heavy (non-hydrogen) atoms. The van der Waals surface area contributed by atoms with Crippen LogP contribution in [0.2, 0.25) is 0 Å². The van der Waals surface area contributed by atoms with Crippen LogP contribution in [0, 0.1) is 0 Å². The highest BCUT2D eigenvalue weighted by atomic mass is 16.4. The number of carbonyl (C=O) groups is 1. The van der Waals surface area contributed by atoms with Gasteiger partial charge in [-0.15, -0.1) is 0 Å². The van der Waals surface area contributed by atoms with Gasteiger partial charge in [-0.25, -0.2) is 4.79 Å². The van der Waals surface area contributed by atoms with Crippen molar-refractivity contribution < 1.29 is 9.90 Å². The first-order valence-corrected chi connectivity index (χ1v) is 5.81. The minimum Gasteiger partial charge on any atom is -0.476 e. The van der Waals surface area contributed by atoms with Gasteiger partial charge in [0.25, 0.3) is 0 Å². The molecule has 0 amide bonds. The number of hydrogen-bond donors (Lipinski definition) is 2. The van der Waals surface area contributed by atoms with Crippen LogP contribution in [0.5, 0.6) is 0 Å². The van der Waals surface area contributed by atoms with Crippen LogP contribution in [0.4, 0.5) is 0 Å². The van der Waals surface area contributed by atoms with E-state index in [1.165, 1.54) is 6.42 Å². The molecule has 0 saturated heterocycles. The second-order valence-electron chi connectivity index (χ2n) is 4.54. The minimum atomic E-state index is -0.892. The van der Waals surface area contributed by atoms with Crippen molar-refractivity contribution in [2.45, 2.75) is 38.3 Å². The number of fused-ring (bicyclic) bond motifs is 1. The summed E-state index contributed by atoms with van der Waals surface area (Å²) < 4.78 is 1.95. The summed E-state index contributed by atoms with van der Waals surface area (Å²) in [6, 6.07) is 0.432. The fourth-order valence-corrected chi connectivity index (χ4v) is 2.48. The van der Waals surface area contributed by atoms with E-state index in [0.29, 0.717) is 6.04 Å². The molecule has 1 aliphatic carbocycles. The number of hydrogen-bond acceptors (Lipinski definition) is 3. The van der Waals surface area contributed by atoms with Gasteiger partial charge in [0.05, 0.1) is 11.7 Å². The van der Waals surface area contributed by atoms with E-state index in [1.807, 2.05) is 4.68 Å². The third-order valence-electron chi connectivity index (χ3n) is 3.59. The van der Waals surface area contributed by atoms with Crippen LogP contribution >= 0.6 is 0 Å². The van der Waals surface area contributed by atoms with Crippen molar-refractivity contribution in [3.05, 3.63) is 17.0 Å². The summed E-state index contributed by atoms with van der Waals surface area (Å²) in [7, 11) is 0. The Morgan fingerprint density at radius 1 is 1.50 bits per heavy atom. The Balaban J connectivity index is 2.07. The molecule has 1 aromatic heterocycles. The number of carboxylic acids is 1. The molecule has 0 aromatic carbocycles. The van der Waals surface area contributed by atoms with Gasteiger partial charge in [-0.2, -0.15) is 5.10 Å². The third-order valence-corrected chi connectivity index (χ3v) is 3.59. The molecule has 0 unspecified atom stereocenters. The summed E-state index contributed by atoms with van der Waals surface area (Å²) in [5, 5.41) is 16.7. The number of aromatic carboxylic acids is 1. The maximum Gasteiger partial charge on any atom is 0.356 e. The normalized spacial score (nSPS) is 20.2. The molecular formula is C11H15N3O2. The van der Waals surface area contributed by atoms with E-state index in [0.717, 1.165) is 43.6 Å². The van der Waals surface area contributed by atoms with Crippen molar-refractivity contribution in [1.82, 2.24) is 15.1 Å². The Bertz CT molecular complexity index is 435. The fourth-order valence-electron chi connectivity index (χ4n) is 2.48. The molecule has 86 valence electrons. The lowest BCUT2D eigenvalue weighted by atomic mass is 9.93. The largest absolute Gasteiger partial charge is 0.476 e. The van der Waals surface area contributed by atoms with Gasteiger partial charge in [0.2, 0.25) is 0 Å². The van der Waals surface area contributed by atoms with E-state index in [1.54, 1.807) is 0 Å². The van der Waals surface area contributed by atoms with Crippen LogP contribution in [0.15, 0.2) is 0 Å². The zero-order valence-electron chi connectivity index (χ0n) is 9.07. The second kappa shape index (κ2) is 3.59. The Labute approximate surface area is 93.5 Å². The van der Waals surface area contributed by atoms with Gasteiger partial charge in [0, 0.05) is 12.1 Å². The SMILES string of the molecule is O=C(O)c1nn(C2CCC2)c2c1CCNC2. The van der Waals surface area contributed by atoms with E-state index in [4.69, 9.17) is 5.11 Å². The van der Waals surface area contributed by atoms with Crippen molar-refractivity contribution in [2.24, 2.45) is 0 Å². The van der Waals surface area contributed by atoms with E-state index in [-0.39, 0.29) is 5.69 Å². The lowest BCUT2D eigenvalue weighted by molar-refractivity contribution is 0.0687. The molecule has 1 aromatic rings. The Morgan fingerprint density at radius 3 is 2.94 bits per heavy atom. The first kappa shape index (κ1) is 9.84. The Hall–Kier alpha value is -1.36. The summed E-state index contributed by atoms with van der Waals surface area (Å²) in [4.78, 5) is 11.1. The summed E-state index contributed by atoms with van der Waals surface area (Å²) in [5.74, 6) is -0.892. The smallest absolute Gasteiger partial charge is 0.356 e. The maximum atomic E-state index is 11.1. The number of rotatable bonds is 2. The first-order valence-electron chi connectivity index (χ1n) is 5.81. The van der Waals surface area contributed by atoms with Crippen molar-refractivity contribution >= 4 is 5.97 Å². The number of nitrogens with one attached hydrogen (secondary N) is 1. The minimum absolute atomic E-state index is 0.267. The average molecular weight is 221 g/mol. The molecule has 5 nitrogen and oxygen atoms in total. The molecule has 1 fully saturated rings. The molecule has 1 aliphatic heterocycles. The summed E-state index contributed by atoms with van der Waals surface area (Å²) in [6.07, 6.45) is 4.28. The van der Waals surface area contributed by atoms with Crippen LogP contribution in [0.25, 0.3) is 0 Å². The highest BCUT2D eigenvalue weighted by Gasteiger charge is 2.29. The monoisotopic (exact) mass is 221 g/mol. The highest BCUT2D eigenvalue weighted by molar-refractivity contribution is 5.87. The molecule has 2 N–H and O–H groups in total. The second-order valence-corrected chi connectivity index (χ2v) is 4.54. The van der Waals surface area contributed by atoms with Crippen molar-refractivity contribution in [3.63, 3.8) is 0 Å².